The average molecular weight is 232 g/mol. The van der Waals surface area contributed by atoms with E-state index in [2.05, 4.69) is 32.9 Å². The predicted octanol–water partition coefficient (Wildman–Crippen LogP) is 4.01. The number of carbonyl (C=O) groups excluding carboxylic acids is 1. The van der Waals surface area contributed by atoms with Crippen molar-refractivity contribution in [3.05, 3.63) is 23.8 Å². The molecule has 0 aromatic heterocycles. The van der Waals surface area contributed by atoms with Gasteiger partial charge in [0, 0.05) is 0 Å². The van der Waals surface area contributed by atoms with Crippen LogP contribution >= 0.6 is 0 Å². The van der Waals surface area contributed by atoms with Gasteiger partial charge in [0.1, 0.15) is 0 Å². The van der Waals surface area contributed by atoms with Gasteiger partial charge in [-0.15, -0.1) is 0 Å². The Labute approximate surface area is 105 Å². The lowest BCUT2D eigenvalue weighted by molar-refractivity contribution is -0.112. The minimum Gasteiger partial charge on any atom is -0.295 e. The maximum absolute atomic E-state index is 11.1. The summed E-state index contributed by atoms with van der Waals surface area (Å²) in [5.74, 6) is 3.74. The van der Waals surface area contributed by atoms with Gasteiger partial charge in [0.25, 0.3) is 0 Å². The van der Waals surface area contributed by atoms with E-state index in [0.717, 1.165) is 17.8 Å². The molecule has 1 saturated carbocycles. The monoisotopic (exact) mass is 232 g/mol. The third kappa shape index (κ3) is 2.53. The summed E-state index contributed by atoms with van der Waals surface area (Å²) in [7, 11) is 0. The van der Waals surface area contributed by atoms with Crippen LogP contribution in [0.2, 0.25) is 0 Å². The van der Waals surface area contributed by atoms with Crippen LogP contribution in [-0.4, -0.2) is 5.78 Å². The van der Waals surface area contributed by atoms with Crippen molar-refractivity contribution < 1.29 is 4.79 Å². The van der Waals surface area contributed by atoms with Gasteiger partial charge in [-0.25, -0.2) is 0 Å². The third-order valence-corrected chi connectivity index (χ3v) is 4.64. The van der Waals surface area contributed by atoms with Gasteiger partial charge in [-0.3, -0.25) is 4.79 Å². The molecular weight excluding hydrogens is 208 g/mol. The Balaban J connectivity index is 2.19. The van der Waals surface area contributed by atoms with Crippen molar-refractivity contribution >= 4 is 5.78 Å². The molecule has 0 heterocycles. The molecule has 0 amide bonds. The van der Waals surface area contributed by atoms with E-state index in [4.69, 9.17) is 0 Å². The normalized spacial score (nSPS) is 36.6. The molecule has 0 aliphatic heterocycles. The summed E-state index contributed by atoms with van der Waals surface area (Å²) in [4.78, 5) is 11.1. The summed E-state index contributed by atoms with van der Waals surface area (Å²) in [5, 5.41) is 0. The highest BCUT2D eigenvalue weighted by Crippen LogP contribution is 2.50. The van der Waals surface area contributed by atoms with Crippen LogP contribution in [0.1, 0.15) is 40.5 Å². The smallest absolute Gasteiger partial charge is 0.152 e. The first-order valence-electron chi connectivity index (χ1n) is 6.86. The first-order valence-corrected chi connectivity index (χ1v) is 6.86. The molecule has 0 saturated heterocycles. The predicted molar refractivity (Wildman–Crippen MR) is 71.6 cm³/mol. The fraction of sp³-hybridized carbons (Fsp3) is 0.688. The minimum absolute atomic E-state index is 0.174. The maximum atomic E-state index is 11.1. The van der Waals surface area contributed by atoms with Crippen LogP contribution < -0.4 is 0 Å². The Morgan fingerprint density at radius 3 is 2.65 bits per heavy atom. The molecule has 3 rings (SSSR count). The molecule has 0 aromatic carbocycles. The highest BCUT2D eigenvalue weighted by atomic mass is 16.1. The zero-order valence-corrected chi connectivity index (χ0v) is 11.4. The van der Waals surface area contributed by atoms with Gasteiger partial charge < -0.3 is 0 Å². The number of fused-ring (bicyclic) bond motifs is 2. The van der Waals surface area contributed by atoms with Gasteiger partial charge in [0.15, 0.2) is 5.78 Å². The average Bonchev–Trinajstić information content (AvgIpc) is 2.26. The summed E-state index contributed by atoms with van der Waals surface area (Å²) >= 11 is 0. The van der Waals surface area contributed by atoms with Crippen molar-refractivity contribution in [2.45, 2.75) is 40.5 Å². The van der Waals surface area contributed by atoms with Crippen LogP contribution in [0.25, 0.3) is 0 Å². The van der Waals surface area contributed by atoms with Crippen molar-refractivity contribution in [3.8, 4) is 0 Å². The molecule has 0 N–H and O–H groups in total. The second-order valence-electron chi connectivity index (χ2n) is 6.20. The minimum atomic E-state index is 0.174. The van der Waals surface area contributed by atoms with Crippen molar-refractivity contribution in [2.24, 2.45) is 29.6 Å². The second kappa shape index (κ2) is 4.80. The van der Waals surface area contributed by atoms with Gasteiger partial charge >= 0.3 is 0 Å². The van der Waals surface area contributed by atoms with E-state index in [1.165, 1.54) is 12.8 Å². The lowest BCUT2D eigenvalue weighted by Gasteiger charge is -2.47. The number of ketones is 1. The first-order chi connectivity index (χ1) is 7.99. The van der Waals surface area contributed by atoms with Gasteiger partial charge in [0.2, 0.25) is 0 Å². The maximum Gasteiger partial charge on any atom is 0.152 e. The van der Waals surface area contributed by atoms with Crippen LogP contribution in [0, 0.1) is 29.6 Å². The molecule has 1 fully saturated rings. The molecule has 0 aromatic rings. The van der Waals surface area contributed by atoms with Gasteiger partial charge in [-0.05, 0) is 62.4 Å². The molecule has 2 bridgehead atoms. The number of hydrogen-bond acceptors (Lipinski definition) is 1. The molecule has 1 nitrogen and oxygen atoms in total. The lowest BCUT2D eigenvalue weighted by atomic mass is 9.58. The topological polar surface area (TPSA) is 17.1 Å². The van der Waals surface area contributed by atoms with Crippen LogP contribution in [0.4, 0.5) is 0 Å². The SMILES string of the molecule is CC(=O)/C=C/C1CC2CC(C(C)C)C1C=C2C. The van der Waals surface area contributed by atoms with E-state index in [9.17, 15) is 4.79 Å². The van der Waals surface area contributed by atoms with Crippen molar-refractivity contribution in [2.75, 3.05) is 0 Å². The van der Waals surface area contributed by atoms with Crippen molar-refractivity contribution in [1.82, 2.24) is 0 Å². The summed E-state index contributed by atoms with van der Waals surface area (Å²) in [6, 6.07) is 0. The Kier molecular flexibility index (Phi) is 3.56. The summed E-state index contributed by atoms with van der Waals surface area (Å²) in [6.07, 6.45) is 9.02. The van der Waals surface area contributed by atoms with E-state index in [1.807, 2.05) is 0 Å². The quantitative estimate of drug-likeness (QED) is 0.531. The first kappa shape index (κ1) is 12.6. The van der Waals surface area contributed by atoms with Crippen molar-refractivity contribution in [1.29, 1.82) is 0 Å². The summed E-state index contributed by atoms with van der Waals surface area (Å²) < 4.78 is 0. The van der Waals surface area contributed by atoms with E-state index < -0.39 is 0 Å². The molecule has 3 aliphatic carbocycles. The molecule has 0 radical (unpaired) electrons. The number of rotatable bonds is 3. The van der Waals surface area contributed by atoms with E-state index in [-0.39, 0.29) is 5.78 Å². The van der Waals surface area contributed by atoms with E-state index in [1.54, 1.807) is 18.6 Å². The van der Waals surface area contributed by atoms with Crippen LogP contribution in [0.3, 0.4) is 0 Å². The zero-order chi connectivity index (χ0) is 12.6. The third-order valence-electron chi connectivity index (χ3n) is 4.64. The Bertz CT molecular complexity index is 362. The van der Waals surface area contributed by atoms with Gasteiger partial charge in [-0.1, -0.05) is 31.6 Å². The number of hydrogen-bond donors (Lipinski definition) is 0. The Morgan fingerprint density at radius 2 is 2.12 bits per heavy atom. The van der Waals surface area contributed by atoms with Gasteiger partial charge in [0.05, 0.1) is 0 Å². The Hall–Kier alpha value is -0.850. The van der Waals surface area contributed by atoms with Crippen LogP contribution in [0.5, 0.6) is 0 Å². The zero-order valence-electron chi connectivity index (χ0n) is 11.4. The highest BCUT2D eigenvalue weighted by molar-refractivity contribution is 5.87. The standard InChI is InChI=1S/C16H24O/c1-10(2)15-9-14-8-13(6-5-12(4)17)16(15)7-11(14)3/h5-7,10,13-16H,8-9H2,1-4H3/b6-5+. The van der Waals surface area contributed by atoms with E-state index >= 15 is 0 Å². The highest BCUT2D eigenvalue weighted by Gasteiger charge is 2.41. The van der Waals surface area contributed by atoms with Crippen molar-refractivity contribution in [3.63, 3.8) is 0 Å². The molecule has 1 heteroatoms. The number of allylic oxidation sites excluding steroid dienone is 4. The molecular formula is C16H24O. The van der Waals surface area contributed by atoms with Gasteiger partial charge in [-0.2, -0.15) is 0 Å². The fourth-order valence-electron chi connectivity index (χ4n) is 3.63. The Morgan fingerprint density at radius 1 is 1.41 bits per heavy atom. The van der Waals surface area contributed by atoms with E-state index in [0.29, 0.717) is 11.8 Å². The number of carbonyl (C=O) groups is 1. The summed E-state index contributed by atoms with van der Waals surface area (Å²) in [6.45, 7) is 8.58. The molecule has 3 aliphatic rings. The molecule has 17 heavy (non-hydrogen) atoms. The lowest BCUT2D eigenvalue weighted by Crippen LogP contribution is -2.38. The van der Waals surface area contributed by atoms with Crippen LogP contribution in [-0.2, 0) is 4.79 Å². The second-order valence-corrected chi connectivity index (χ2v) is 6.20. The van der Waals surface area contributed by atoms with Crippen LogP contribution in [0.15, 0.2) is 23.8 Å². The fourth-order valence-corrected chi connectivity index (χ4v) is 3.63. The summed E-state index contributed by atoms with van der Waals surface area (Å²) in [5.41, 5.74) is 1.58. The molecule has 4 unspecified atom stereocenters. The molecule has 94 valence electrons. The molecule has 4 atom stereocenters. The molecule has 0 spiro atoms. The largest absolute Gasteiger partial charge is 0.295 e.